The van der Waals surface area contributed by atoms with Gasteiger partial charge in [0.05, 0.1) is 0 Å². The zero-order valence-corrected chi connectivity index (χ0v) is 19.6. The average molecular weight is 489 g/mol. The molecule has 0 bridgehead atoms. The van der Waals surface area contributed by atoms with Gasteiger partial charge in [-0.25, -0.2) is 4.99 Å². The Labute approximate surface area is 181 Å². The lowest BCUT2D eigenvalue weighted by atomic mass is 10.2. The molecule has 1 atom stereocenters. The molecule has 0 aromatic carbocycles. The highest BCUT2D eigenvalue weighted by Gasteiger charge is 2.23. The van der Waals surface area contributed by atoms with E-state index in [2.05, 4.69) is 45.9 Å². The largest absolute Gasteiger partial charge is 0.355 e. The van der Waals surface area contributed by atoms with Crippen LogP contribution in [0.5, 0.6) is 0 Å². The molecule has 154 valence electrons. The molecule has 2 heterocycles. The van der Waals surface area contributed by atoms with Crippen LogP contribution in [0.25, 0.3) is 0 Å². The summed E-state index contributed by atoms with van der Waals surface area (Å²) in [5.41, 5.74) is 0. The number of hydrogen-bond donors (Lipinski definition) is 1. The monoisotopic (exact) mass is 489 g/mol. The van der Waals surface area contributed by atoms with Gasteiger partial charge in [0.1, 0.15) is 12.4 Å². The van der Waals surface area contributed by atoms with E-state index in [0.717, 1.165) is 50.1 Å². The van der Waals surface area contributed by atoms with Crippen LogP contribution in [0.1, 0.15) is 44.3 Å². The lowest BCUT2D eigenvalue weighted by Crippen LogP contribution is -2.45. The number of guanidine groups is 1. The van der Waals surface area contributed by atoms with E-state index >= 15 is 0 Å². The predicted molar refractivity (Wildman–Crippen MR) is 123 cm³/mol. The first-order valence-electron chi connectivity index (χ1n) is 9.76. The Bertz CT molecular complexity index is 599. The Kier molecular flexibility index (Phi) is 10.9. The first-order chi connectivity index (χ1) is 12.6. The van der Waals surface area contributed by atoms with Crippen LogP contribution in [0, 0.1) is 6.92 Å². The standard InChI is InChI=1S/C19H35N7.HI/c1-6-8-9-12-24(4)19(20-14-17-11-10-13-26(17)7-2)21-15-18-23-22-16(3)25(18)5;/h6,17H,1,7-15H2,2-5H3,(H,20,21);1H. The van der Waals surface area contributed by atoms with Gasteiger partial charge in [0.2, 0.25) is 0 Å². The van der Waals surface area contributed by atoms with Crippen LogP contribution in [0.2, 0.25) is 0 Å². The minimum Gasteiger partial charge on any atom is -0.355 e. The number of rotatable bonds is 9. The van der Waals surface area contributed by atoms with Crippen LogP contribution in [0.4, 0.5) is 0 Å². The zero-order chi connectivity index (χ0) is 18.9. The number of likely N-dealkylation sites (tertiary alicyclic amines) is 1. The second-order valence-electron chi connectivity index (χ2n) is 7.02. The van der Waals surface area contributed by atoms with Gasteiger partial charge in [0.15, 0.2) is 11.8 Å². The van der Waals surface area contributed by atoms with E-state index < -0.39 is 0 Å². The quantitative estimate of drug-likeness (QED) is 0.190. The molecular formula is C19H36IN7. The van der Waals surface area contributed by atoms with Gasteiger partial charge in [0.25, 0.3) is 0 Å². The van der Waals surface area contributed by atoms with Gasteiger partial charge in [0, 0.05) is 33.2 Å². The maximum absolute atomic E-state index is 4.82. The third-order valence-electron chi connectivity index (χ3n) is 5.22. The molecule has 1 saturated heterocycles. The molecule has 0 spiro atoms. The van der Waals surface area contributed by atoms with Crippen LogP contribution in [0.3, 0.4) is 0 Å². The molecule has 2 rings (SSSR count). The van der Waals surface area contributed by atoms with E-state index in [0.29, 0.717) is 12.6 Å². The molecule has 1 aromatic rings. The molecule has 1 aliphatic heterocycles. The summed E-state index contributed by atoms with van der Waals surface area (Å²) in [6.45, 7) is 12.8. The summed E-state index contributed by atoms with van der Waals surface area (Å²) in [6, 6.07) is 0.601. The molecule has 1 unspecified atom stereocenters. The highest BCUT2D eigenvalue weighted by atomic mass is 127. The zero-order valence-electron chi connectivity index (χ0n) is 17.3. The van der Waals surface area contributed by atoms with Crippen molar-refractivity contribution in [3.05, 3.63) is 24.3 Å². The summed E-state index contributed by atoms with van der Waals surface area (Å²) in [7, 11) is 4.09. The van der Waals surface area contributed by atoms with Crippen LogP contribution in [0.15, 0.2) is 17.6 Å². The van der Waals surface area contributed by atoms with Crippen LogP contribution in [-0.2, 0) is 13.6 Å². The molecule has 27 heavy (non-hydrogen) atoms. The molecule has 1 aliphatic rings. The van der Waals surface area contributed by atoms with Gasteiger partial charge >= 0.3 is 0 Å². The summed E-state index contributed by atoms with van der Waals surface area (Å²) in [5, 5.41) is 11.9. The maximum Gasteiger partial charge on any atom is 0.194 e. The Morgan fingerprint density at radius 3 is 2.85 bits per heavy atom. The fourth-order valence-corrected chi connectivity index (χ4v) is 3.38. The summed E-state index contributed by atoms with van der Waals surface area (Å²) < 4.78 is 1.99. The van der Waals surface area contributed by atoms with Gasteiger partial charge < -0.3 is 14.8 Å². The van der Waals surface area contributed by atoms with Gasteiger partial charge in [-0.3, -0.25) is 4.90 Å². The first kappa shape index (κ1) is 23.9. The number of nitrogens with one attached hydrogen (secondary N) is 1. The number of allylic oxidation sites excluding steroid dienone is 1. The van der Waals surface area contributed by atoms with E-state index in [1.54, 1.807) is 0 Å². The second-order valence-corrected chi connectivity index (χ2v) is 7.02. The van der Waals surface area contributed by atoms with Crippen molar-refractivity contribution in [3.8, 4) is 0 Å². The Morgan fingerprint density at radius 2 is 2.22 bits per heavy atom. The Hall–Kier alpha value is -1.16. The smallest absolute Gasteiger partial charge is 0.194 e. The van der Waals surface area contributed by atoms with E-state index in [9.17, 15) is 0 Å². The van der Waals surface area contributed by atoms with E-state index in [1.807, 2.05) is 24.6 Å². The second kappa shape index (κ2) is 12.3. The fourth-order valence-electron chi connectivity index (χ4n) is 3.38. The normalized spacial score (nSPS) is 17.6. The average Bonchev–Trinajstić information content (AvgIpc) is 3.22. The van der Waals surface area contributed by atoms with Crippen LogP contribution < -0.4 is 5.32 Å². The van der Waals surface area contributed by atoms with Crippen molar-refractivity contribution < 1.29 is 0 Å². The number of aromatic nitrogens is 3. The molecule has 0 radical (unpaired) electrons. The molecule has 0 aliphatic carbocycles. The van der Waals surface area contributed by atoms with Crippen molar-refractivity contribution in [2.45, 2.75) is 52.1 Å². The lowest BCUT2D eigenvalue weighted by molar-refractivity contribution is 0.265. The summed E-state index contributed by atoms with van der Waals surface area (Å²) in [5.74, 6) is 2.74. The number of aliphatic imine (C=N–C) groups is 1. The van der Waals surface area contributed by atoms with E-state index in [-0.39, 0.29) is 24.0 Å². The van der Waals surface area contributed by atoms with Crippen molar-refractivity contribution >= 4 is 29.9 Å². The molecule has 1 N–H and O–H groups in total. The van der Waals surface area contributed by atoms with Gasteiger partial charge in [-0.1, -0.05) is 13.0 Å². The molecule has 1 fully saturated rings. The number of likely N-dealkylation sites (N-methyl/N-ethyl adjacent to an activating group) is 1. The van der Waals surface area contributed by atoms with Crippen LogP contribution >= 0.6 is 24.0 Å². The van der Waals surface area contributed by atoms with Crippen molar-refractivity contribution in [1.82, 2.24) is 29.9 Å². The van der Waals surface area contributed by atoms with Crippen molar-refractivity contribution in [1.29, 1.82) is 0 Å². The third-order valence-corrected chi connectivity index (χ3v) is 5.22. The van der Waals surface area contributed by atoms with Crippen molar-refractivity contribution in [2.24, 2.45) is 12.0 Å². The molecule has 1 aromatic heterocycles. The van der Waals surface area contributed by atoms with Gasteiger partial charge in [-0.15, -0.1) is 40.8 Å². The Morgan fingerprint density at radius 1 is 1.44 bits per heavy atom. The highest BCUT2D eigenvalue weighted by Crippen LogP contribution is 2.15. The summed E-state index contributed by atoms with van der Waals surface area (Å²) in [4.78, 5) is 9.58. The van der Waals surface area contributed by atoms with E-state index in [4.69, 9.17) is 4.99 Å². The number of aryl methyl sites for hydroxylation is 1. The minimum atomic E-state index is 0. The number of halogens is 1. The first-order valence-corrected chi connectivity index (χ1v) is 9.76. The number of hydrogen-bond acceptors (Lipinski definition) is 4. The number of unbranched alkanes of at least 4 members (excludes halogenated alkanes) is 1. The lowest BCUT2D eigenvalue weighted by Gasteiger charge is -2.27. The third kappa shape index (κ3) is 7.06. The molecule has 0 amide bonds. The van der Waals surface area contributed by atoms with Gasteiger partial charge in [-0.2, -0.15) is 0 Å². The SMILES string of the molecule is C=CCCCN(C)C(=NCc1nnc(C)n1C)NCC1CCCN1CC.I. The van der Waals surface area contributed by atoms with Crippen LogP contribution in [-0.4, -0.2) is 69.8 Å². The summed E-state index contributed by atoms with van der Waals surface area (Å²) in [6.07, 6.45) is 6.62. The molecule has 7 nitrogen and oxygen atoms in total. The van der Waals surface area contributed by atoms with E-state index in [1.165, 1.54) is 19.4 Å². The molecule has 8 heteroatoms. The van der Waals surface area contributed by atoms with Crippen molar-refractivity contribution in [2.75, 3.05) is 33.2 Å². The summed E-state index contributed by atoms with van der Waals surface area (Å²) >= 11 is 0. The fraction of sp³-hybridized carbons (Fsp3) is 0.737. The van der Waals surface area contributed by atoms with Gasteiger partial charge in [-0.05, 0) is 45.7 Å². The highest BCUT2D eigenvalue weighted by molar-refractivity contribution is 14.0. The molecular weight excluding hydrogens is 453 g/mol. The Balaban J connectivity index is 0.00000364. The minimum absolute atomic E-state index is 0. The maximum atomic E-state index is 4.82. The topological polar surface area (TPSA) is 61.6 Å². The molecule has 0 saturated carbocycles. The predicted octanol–water partition coefficient (Wildman–Crippen LogP) is 2.57. The number of nitrogens with zero attached hydrogens (tertiary/aromatic N) is 6. The van der Waals surface area contributed by atoms with Crippen molar-refractivity contribution in [3.63, 3.8) is 0 Å².